The number of carbonyl (C=O) groups excluding carboxylic acids is 1. The first-order valence-corrected chi connectivity index (χ1v) is 5.10. The summed E-state index contributed by atoms with van der Waals surface area (Å²) in [5.41, 5.74) is 0.430. The van der Waals surface area contributed by atoms with E-state index in [0.717, 1.165) is 12.8 Å². The van der Waals surface area contributed by atoms with E-state index in [9.17, 15) is 9.90 Å². The lowest BCUT2D eigenvalue weighted by Crippen LogP contribution is -2.34. The smallest absolute Gasteiger partial charge is 0.148 e. The Bertz CT molecular complexity index is 223. The summed E-state index contributed by atoms with van der Waals surface area (Å²) in [5, 5.41) is 10.9. The van der Waals surface area contributed by atoms with Crippen LogP contribution < -0.4 is 0 Å². The topological polar surface area (TPSA) is 49.8 Å². The summed E-state index contributed by atoms with van der Waals surface area (Å²) in [5.74, 6) is 1.82. The van der Waals surface area contributed by atoms with E-state index in [0.29, 0.717) is 31.7 Å². The molecule has 1 aliphatic rings. The van der Waals surface area contributed by atoms with Crippen LogP contribution in [0.2, 0.25) is 0 Å². The van der Waals surface area contributed by atoms with Gasteiger partial charge in [-0.2, -0.15) is 0 Å². The maximum atomic E-state index is 10.6. The third-order valence-corrected chi connectivity index (χ3v) is 2.26. The first-order valence-electron chi connectivity index (χ1n) is 5.10. The van der Waals surface area contributed by atoms with Gasteiger partial charge in [0, 0.05) is 13.0 Å². The third kappa shape index (κ3) is 3.14. The van der Waals surface area contributed by atoms with Gasteiger partial charge >= 0.3 is 0 Å². The number of aliphatic hydroxyl groups excluding tert-OH is 1. The van der Waals surface area contributed by atoms with E-state index in [1.807, 2.05) is 5.94 Å². The van der Waals surface area contributed by atoms with Crippen LogP contribution in [0.25, 0.3) is 0 Å². The van der Waals surface area contributed by atoms with E-state index in [2.05, 4.69) is 6.92 Å². The Morgan fingerprint density at radius 2 is 2.50 bits per heavy atom. The molecule has 1 rings (SSSR count). The third-order valence-electron chi connectivity index (χ3n) is 2.26. The van der Waals surface area contributed by atoms with E-state index in [1.165, 1.54) is 0 Å². The number of hydrogen-bond donors (Lipinski definition) is 1. The van der Waals surface area contributed by atoms with Gasteiger partial charge in [-0.15, -0.1) is 0 Å². The van der Waals surface area contributed by atoms with Crippen molar-refractivity contribution in [2.24, 2.45) is 0 Å². The maximum absolute atomic E-state index is 10.6. The molecule has 0 bridgehead atoms. The molecule has 1 fully saturated rings. The highest BCUT2D eigenvalue weighted by molar-refractivity contribution is 5.51. The fraction of sp³-hybridized carbons (Fsp3) is 0.800. The lowest BCUT2D eigenvalue weighted by molar-refractivity contribution is -0.150. The van der Waals surface area contributed by atoms with Crippen molar-refractivity contribution in [2.75, 3.05) is 13.2 Å². The molecule has 0 aliphatic carbocycles. The van der Waals surface area contributed by atoms with E-state index >= 15 is 0 Å². The van der Waals surface area contributed by atoms with Gasteiger partial charge in [-0.25, -0.2) is 9.86 Å². The Labute approximate surface area is 84.1 Å². The SMILES string of the molecule is CCCCON1CCC(O)CC1=C=O. The van der Waals surface area contributed by atoms with Crippen LogP contribution in [-0.2, 0) is 9.63 Å². The molecule has 1 N–H and O–H groups in total. The second-order valence-corrected chi connectivity index (χ2v) is 3.48. The van der Waals surface area contributed by atoms with Crippen LogP contribution in [0, 0.1) is 0 Å². The number of nitrogens with zero attached hydrogens (tertiary/aromatic N) is 1. The van der Waals surface area contributed by atoms with E-state index in [1.54, 1.807) is 5.06 Å². The van der Waals surface area contributed by atoms with Crippen LogP contribution in [0.3, 0.4) is 0 Å². The Hall–Kier alpha value is -0.830. The molecule has 14 heavy (non-hydrogen) atoms. The number of rotatable bonds is 4. The molecule has 0 aromatic heterocycles. The van der Waals surface area contributed by atoms with Crippen LogP contribution >= 0.6 is 0 Å². The lowest BCUT2D eigenvalue weighted by Gasteiger charge is -2.30. The molecule has 1 aliphatic heterocycles. The van der Waals surface area contributed by atoms with Crippen LogP contribution in [0.4, 0.5) is 0 Å². The van der Waals surface area contributed by atoms with Crippen molar-refractivity contribution in [1.29, 1.82) is 0 Å². The maximum Gasteiger partial charge on any atom is 0.148 e. The van der Waals surface area contributed by atoms with Crippen LogP contribution in [0.15, 0.2) is 5.70 Å². The fourth-order valence-electron chi connectivity index (χ4n) is 1.38. The monoisotopic (exact) mass is 199 g/mol. The average Bonchev–Trinajstić information content (AvgIpc) is 2.20. The average molecular weight is 199 g/mol. The number of hydroxylamine groups is 2. The molecular weight excluding hydrogens is 182 g/mol. The summed E-state index contributed by atoms with van der Waals surface area (Å²) in [6, 6.07) is 0. The van der Waals surface area contributed by atoms with Crippen molar-refractivity contribution in [2.45, 2.75) is 38.7 Å². The summed E-state index contributed by atoms with van der Waals surface area (Å²) in [6.45, 7) is 3.28. The number of aliphatic hydroxyl groups is 1. The Kier molecular flexibility index (Phi) is 4.66. The molecule has 4 nitrogen and oxygen atoms in total. The van der Waals surface area contributed by atoms with Crippen LogP contribution in [-0.4, -0.2) is 35.4 Å². The molecule has 0 spiro atoms. The Morgan fingerprint density at radius 1 is 1.71 bits per heavy atom. The van der Waals surface area contributed by atoms with Gasteiger partial charge < -0.3 is 5.11 Å². The van der Waals surface area contributed by atoms with Crippen molar-refractivity contribution in [3.8, 4) is 0 Å². The van der Waals surface area contributed by atoms with E-state index in [-0.39, 0.29) is 0 Å². The first kappa shape index (κ1) is 11.2. The molecule has 4 heteroatoms. The van der Waals surface area contributed by atoms with Crippen LogP contribution in [0.5, 0.6) is 0 Å². The molecular formula is C10H17NO3. The Morgan fingerprint density at radius 3 is 3.14 bits per heavy atom. The molecule has 0 amide bonds. The van der Waals surface area contributed by atoms with Crippen molar-refractivity contribution >= 4 is 5.94 Å². The van der Waals surface area contributed by atoms with Crippen molar-refractivity contribution in [3.63, 3.8) is 0 Å². The standard InChI is InChI=1S/C10H17NO3/c1-2-3-6-14-11-5-4-10(13)7-9(11)8-12/h10,13H,2-7H2,1H3. The molecule has 1 unspecified atom stereocenters. The largest absolute Gasteiger partial charge is 0.393 e. The summed E-state index contributed by atoms with van der Waals surface area (Å²) in [6.07, 6.45) is 2.63. The number of unbranched alkanes of at least 4 members (excludes halogenated alkanes) is 1. The minimum absolute atomic E-state index is 0.357. The number of hydrogen-bond acceptors (Lipinski definition) is 4. The molecule has 1 atom stereocenters. The predicted octanol–water partition coefficient (Wildman–Crippen LogP) is 0.890. The second kappa shape index (κ2) is 5.81. The van der Waals surface area contributed by atoms with Crippen molar-refractivity contribution < 1.29 is 14.7 Å². The minimum atomic E-state index is -0.419. The quantitative estimate of drug-likeness (QED) is 0.539. The molecule has 0 aromatic carbocycles. The summed E-state index contributed by atoms with van der Waals surface area (Å²) < 4.78 is 0. The Balaban J connectivity index is 2.39. The van der Waals surface area contributed by atoms with Gasteiger partial charge in [-0.05, 0) is 12.8 Å². The van der Waals surface area contributed by atoms with Crippen molar-refractivity contribution in [1.82, 2.24) is 5.06 Å². The van der Waals surface area contributed by atoms with Gasteiger partial charge in [-0.1, -0.05) is 13.3 Å². The van der Waals surface area contributed by atoms with Gasteiger partial charge in [0.25, 0.3) is 0 Å². The second-order valence-electron chi connectivity index (χ2n) is 3.48. The highest BCUT2D eigenvalue weighted by Gasteiger charge is 2.22. The van der Waals surface area contributed by atoms with Crippen LogP contribution in [0.1, 0.15) is 32.6 Å². The molecule has 0 aromatic rings. The van der Waals surface area contributed by atoms with Gasteiger partial charge in [0.05, 0.1) is 12.7 Å². The lowest BCUT2D eigenvalue weighted by atomic mass is 10.1. The zero-order chi connectivity index (χ0) is 10.4. The van der Waals surface area contributed by atoms with Gasteiger partial charge in [0.1, 0.15) is 11.6 Å². The van der Waals surface area contributed by atoms with Gasteiger partial charge in [-0.3, -0.25) is 4.84 Å². The highest BCUT2D eigenvalue weighted by atomic mass is 16.7. The van der Waals surface area contributed by atoms with E-state index < -0.39 is 6.10 Å². The zero-order valence-electron chi connectivity index (χ0n) is 8.53. The summed E-state index contributed by atoms with van der Waals surface area (Å²) >= 11 is 0. The summed E-state index contributed by atoms with van der Waals surface area (Å²) in [4.78, 5) is 16.0. The first-order chi connectivity index (χ1) is 6.77. The minimum Gasteiger partial charge on any atom is -0.393 e. The molecule has 0 radical (unpaired) electrons. The molecule has 0 saturated carbocycles. The highest BCUT2D eigenvalue weighted by Crippen LogP contribution is 2.18. The molecule has 1 saturated heterocycles. The van der Waals surface area contributed by atoms with Crippen molar-refractivity contribution in [3.05, 3.63) is 5.70 Å². The molecule has 80 valence electrons. The fourth-order valence-corrected chi connectivity index (χ4v) is 1.38. The number of piperidine rings is 1. The van der Waals surface area contributed by atoms with Gasteiger partial charge in [0.15, 0.2) is 0 Å². The van der Waals surface area contributed by atoms with Gasteiger partial charge in [0.2, 0.25) is 0 Å². The molecule has 1 heterocycles. The predicted molar refractivity (Wildman–Crippen MR) is 52.0 cm³/mol. The van der Waals surface area contributed by atoms with E-state index in [4.69, 9.17) is 4.84 Å². The zero-order valence-corrected chi connectivity index (χ0v) is 8.53. The normalized spacial score (nSPS) is 22.3. The summed E-state index contributed by atoms with van der Waals surface area (Å²) in [7, 11) is 0.